The highest BCUT2D eigenvalue weighted by molar-refractivity contribution is 5.25. The molecule has 0 aliphatic heterocycles. The van der Waals surface area contributed by atoms with E-state index < -0.39 is 0 Å². The first kappa shape index (κ1) is 17.7. The van der Waals surface area contributed by atoms with Gasteiger partial charge < -0.3 is 0 Å². The number of fused-ring (bicyclic) bond motifs is 2. The Kier molecular flexibility index (Phi) is 3.78. The van der Waals surface area contributed by atoms with Crippen molar-refractivity contribution in [1.29, 1.82) is 0 Å². The number of hydrogen-bond donors (Lipinski definition) is 0. The predicted molar refractivity (Wildman–Crippen MR) is 122 cm³/mol. The summed E-state index contributed by atoms with van der Waals surface area (Å²) in [5.41, 5.74) is 1.69. The van der Waals surface area contributed by atoms with Crippen LogP contribution in [0.1, 0.15) is 82.1 Å². The maximum absolute atomic E-state index is 2.46. The van der Waals surface area contributed by atoms with Gasteiger partial charge in [-0.05, 0) is 153 Å². The molecule has 7 fully saturated rings. The fraction of sp³-hybridized carbons (Fsp3) is 0.800. The van der Waals surface area contributed by atoms with Crippen molar-refractivity contribution in [2.24, 2.45) is 71.0 Å². The van der Waals surface area contributed by atoms with Crippen LogP contribution in [0, 0.1) is 71.0 Å². The normalized spacial score (nSPS) is 57.5. The molecule has 0 spiro atoms. The van der Waals surface area contributed by atoms with Crippen molar-refractivity contribution >= 4 is 0 Å². The molecule has 0 nitrogen and oxygen atoms in total. The molecule has 7 aliphatic rings. The van der Waals surface area contributed by atoms with E-state index in [0.717, 1.165) is 65.1 Å². The van der Waals surface area contributed by atoms with E-state index in [-0.39, 0.29) is 0 Å². The summed E-state index contributed by atoms with van der Waals surface area (Å²) in [5, 5.41) is 0. The molecule has 1 aromatic rings. The molecule has 0 saturated heterocycles. The van der Waals surface area contributed by atoms with Gasteiger partial charge in [0.25, 0.3) is 0 Å². The summed E-state index contributed by atoms with van der Waals surface area (Å²) in [6.45, 7) is 0. The molecular weight excluding hydrogens is 360 g/mol. The molecule has 13 atom stereocenters. The zero-order chi connectivity index (χ0) is 19.4. The molecule has 0 radical (unpaired) electrons. The van der Waals surface area contributed by atoms with Gasteiger partial charge in [0.1, 0.15) is 0 Å². The number of benzene rings is 1. The summed E-state index contributed by atoms with van der Waals surface area (Å²) in [6.07, 6.45) is 17.6. The Bertz CT molecular complexity index is 785. The highest BCUT2D eigenvalue weighted by Gasteiger charge is 2.65. The van der Waals surface area contributed by atoms with Crippen LogP contribution in [0.25, 0.3) is 0 Å². The maximum atomic E-state index is 2.46. The summed E-state index contributed by atoms with van der Waals surface area (Å²) in [5.74, 6) is 14.4. The van der Waals surface area contributed by atoms with E-state index in [1.807, 2.05) is 0 Å². The largest absolute Gasteiger partial charge is 0.0622 e. The molecule has 0 aromatic heterocycles. The van der Waals surface area contributed by atoms with E-state index in [2.05, 4.69) is 30.3 Å². The van der Waals surface area contributed by atoms with Crippen molar-refractivity contribution in [3.05, 3.63) is 35.9 Å². The van der Waals surface area contributed by atoms with Gasteiger partial charge in [-0.1, -0.05) is 30.3 Å². The standard InChI is InChI=1S/C30H40/c1-2-4-17(5-3-1)26-16-20-10-13-23-21-11-8-18-6-7-19-9-12-22(29(21)27(18)19)24-14-15-25(26)28(20)30(23)24/h1-5,18-30H,6-16H2. The Labute approximate surface area is 183 Å². The lowest BCUT2D eigenvalue weighted by Gasteiger charge is -2.65. The number of rotatable bonds is 1. The van der Waals surface area contributed by atoms with Gasteiger partial charge in [-0.25, -0.2) is 0 Å². The lowest BCUT2D eigenvalue weighted by Crippen LogP contribution is -2.59. The van der Waals surface area contributed by atoms with Crippen LogP contribution in [0.15, 0.2) is 30.3 Å². The second-order valence-corrected chi connectivity index (χ2v) is 13.0. The highest BCUT2D eigenvalue weighted by Crippen LogP contribution is 2.72. The third kappa shape index (κ3) is 2.20. The molecule has 30 heavy (non-hydrogen) atoms. The van der Waals surface area contributed by atoms with Crippen molar-refractivity contribution in [1.82, 2.24) is 0 Å². The van der Waals surface area contributed by atoms with Gasteiger partial charge in [0.2, 0.25) is 0 Å². The van der Waals surface area contributed by atoms with Crippen LogP contribution in [0.4, 0.5) is 0 Å². The maximum Gasteiger partial charge on any atom is -0.0128 e. The Morgan fingerprint density at radius 1 is 0.433 bits per heavy atom. The lowest BCUT2D eigenvalue weighted by molar-refractivity contribution is -0.167. The molecule has 0 amide bonds. The van der Waals surface area contributed by atoms with Crippen LogP contribution in [-0.4, -0.2) is 0 Å². The number of hydrogen-bond acceptors (Lipinski definition) is 0. The van der Waals surface area contributed by atoms with Gasteiger partial charge in [0, 0.05) is 0 Å². The quantitative estimate of drug-likeness (QED) is 0.456. The average molecular weight is 401 g/mol. The Hall–Kier alpha value is -0.780. The molecule has 7 saturated carbocycles. The Morgan fingerprint density at radius 2 is 0.933 bits per heavy atom. The van der Waals surface area contributed by atoms with Crippen LogP contribution in [0.2, 0.25) is 0 Å². The van der Waals surface area contributed by atoms with E-state index in [1.54, 1.807) is 69.8 Å². The average Bonchev–Trinajstić information content (AvgIpc) is 3.40. The van der Waals surface area contributed by atoms with E-state index >= 15 is 0 Å². The first-order chi connectivity index (χ1) is 14.9. The monoisotopic (exact) mass is 400 g/mol. The zero-order valence-corrected chi connectivity index (χ0v) is 18.7. The highest BCUT2D eigenvalue weighted by atomic mass is 14.7. The van der Waals surface area contributed by atoms with Crippen LogP contribution in [-0.2, 0) is 0 Å². The molecule has 160 valence electrons. The summed E-state index contributed by atoms with van der Waals surface area (Å²) < 4.78 is 0. The second-order valence-electron chi connectivity index (χ2n) is 13.0. The molecule has 7 aliphatic carbocycles. The van der Waals surface area contributed by atoms with Crippen LogP contribution in [0.5, 0.6) is 0 Å². The summed E-state index contributed by atoms with van der Waals surface area (Å²) in [7, 11) is 0. The molecular formula is C30H40. The second kappa shape index (κ2) is 6.39. The minimum absolute atomic E-state index is 0.889. The minimum Gasteiger partial charge on any atom is -0.0622 e. The molecule has 0 N–H and O–H groups in total. The molecule has 0 heteroatoms. The first-order valence-corrected chi connectivity index (χ1v) is 13.9. The van der Waals surface area contributed by atoms with Crippen molar-refractivity contribution < 1.29 is 0 Å². The van der Waals surface area contributed by atoms with E-state index in [1.165, 1.54) is 18.3 Å². The summed E-state index contributed by atoms with van der Waals surface area (Å²) >= 11 is 0. The lowest BCUT2D eigenvalue weighted by atomic mass is 9.40. The summed E-state index contributed by atoms with van der Waals surface area (Å²) in [6, 6.07) is 11.7. The van der Waals surface area contributed by atoms with Crippen molar-refractivity contribution in [3.8, 4) is 0 Å². The van der Waals surface area contributed by atoms with E-state index in [9.17, 15) is 0 Å². The first-order valence-electron chi connectivity index (χ1n) is 13.9. The SMILES string of the molecule is c1ccc(C2CC3CCC4C5CCC6CCC7CCC(C8CCC2C3C48)C5C67)cc1. The topological polar surface area (TPSA) is 0 Å². The van der Waals surface area contributed by atoms with E-state index in [4.69, 9.17) is 0 Å². The molecule has 8 rings (SSSR count). The predicted octanol–water partition coefficient (Wildman–Crippen LogP) is 7.55. The molecule has 0 heterocycles. The fourth-order valence-corrected chi connectivity index (χ4v) is 12.3. The van der Waals surface area contributed by atoms with E-state index in [0.29, 0.717) is 0 Å². The van der Waals surface area contributed by atoms with Gasteiger partial charge in [0.15, 0.2) is 0 Å². The third-order valence-electron chi connectivity index (χ3n) is 12.7. The molecule has 13 unspecified atom stereocenters. The van der Waals surface area contributed by atoms with Gasteiger partial charge in [-0.15, -0.1) is 0 Å². The zero-order valence-electron chi connectivity index (χ0n) is 18.7. The molecule has 0 bridgehead atoms. The Morgan fingerprint density at radius 3 is 1.60 bits per heavy atom. The van der Waals surface area contributed by atoms with Crippen LogP contribution in [0.3, 0.4) is 0 Å². The smallest absolute Gasteiger partial charge is 0.0128 e. The van der Waals surface area contributed by atoms with Crippen molar-refractivity contribution in [3.63, 3.8) is 0 Å². The Balaban J connectivity index is 1.18. The van der Waals surface area contributed by atoms with Crippen molar-refractivity contribution in [2.45, 2.75) is 76.5 Å². The minimum atomic E-state index is 0.889. The fourth-order valence-electron chi connectivity index (χ4n) is 12.3. The van der Waals surface area contributed by atoms with Crippen molar-refractivity contribution in [2.75, 3.05) is 0 Å². The summed E-state index contributed by atoms with van der Waals surface area (Å²) in [4.78, 5) is 0. The van der Waals surface area contributed by atoms with Crippen LogP contribution >= 0.6 is 0 Å². The van der Waals surface area contributed by atoms with Gasteiger partial charge in [0.05, 0.1) is 0 Å². The van der Waals surface area contributed by atoms with Gasteiger partial charge in [-0.2, -0.15) is 0 Å². The van der Waals surface area contributed by atoms with Gasteiger partial charge in [-0.3, -0.25) is 0 Å². The van der Waals surface area contributed by atoms with Crippen LogP contribution < -0.4 is 0 Å². The molecule has 1 aromatic carbocycles. The van der Waals surface area contributed by atoms with Gasteiger partial charge >= 0.3 is 0 Å². The third-order valence-corrected chi connectivity index (χ3v) is 12.7.